The van der Waals surface area contributed by atoms with E-state index in [4.69, 9.17) is 14.3 Å². The summed E-state index contributed by atoms with van der Waals surface area (Å²) in [4.78, 5) is 29.5. The highest BCUT2D eigenvalue weighted by Gasteiger charge is 2.34. The third kappa shape index (κ3) is 2.67. The van der Waals surface area contributed by atoms with Gasteiger partial charge in [-0.15, -0.1) is 11.3 Å². The maximum atomic E-state index is 12.4. The standard InChI is InChI=1S/C13H12N2O5S/c16-12(15-3-5-19-7-8(15)13(17)18)10-6-14-11(21-10)9-2-1-4-20-9/h1-2,4,6,8H,3,5,7H2,(H,17,18). The number of carbonyl (C=O) groups is 2. The fourth-order valence-corrected chi connectivity index (χ4v) is 2.92. The van der Waals surface area contributed by atoms with E-state index in [0.717, 1.165) is 0 Å². The molecule has 2 aromatic heterocycles. The van der Waals surface area contributed by atoms with Gasteiger partial charge in [-0.2, -0.15) is 0 Å². The van der Waals surface area contributed by atoms with Gasteiger partial charge in [0.05, 0.1) is 25.7 Å². The first-order chi connectivity index (χ1) is 10.2. The number of carboxylic acids is 1. The molecule has 0 aromatic carbocycles. The summed E-state index contributed by atoms with van der Waals surface area (Å²) in [6.45, 7) is 0.591. The fourth-order valence-electron chi connectivity index (χ4n) is 2.08. The van der Waals surface area contributed by atoms with Crippen LogP contribution in [0.2, 0.25) is 0 Å². The average molecular weight is 308 g/mol. The number of hydrogen-bond donors (Lipinski definition) is 1. The van der Waals surface area contributed by atoms with Crippen molar-refractivity contribution in [2.75, 3.05) is 19.8 Å². The molecular weight excluding hydrogens is 296 g/mol. The lowest BCUT2D eigenvalue weighted by atomic mass is 10.2. The molecule has 110 valence electrons. The molecule has 0 radical (unpaired) electrons. The number of carboxylic acid groups (broad SMARTS) is 1. The minimum absolute atomic E-state index is 0.00488. The Bertz CT molecular complexity index is 651. The maximum Gasteiger partial charge on any atom is 0.328 e. The Morgan fingerprint density at radius 2 is 2.33 bits per heavy atom. The Balaban J connectivity index is 1.83. The van der Waals surface area contributed by atoms with Crippen LogP contribution >= 0.6 is 11.3 Å². The number of thiazole rings is 1. The number of morpholine rings is 1. The van der Waals surface area contributed by atoms with Gasteiger partial charge >= 0.3 is 5.97 Å². The van der Waals surface area contributed by atoms with E-state index in [1.165, 1.54) is 28.7 Å². The molecule has 0 spiro atoms. The van der Waals surface area contributed by atoms with E-state index >= 15 is 0 Å². The van der Waals surface area contributed by atoms with Gasteiger partial charge in [-0.1, -0.05) is 0 Å². The van der Waals surface area contributed by atoms with Crippen LogP contribution in [0, 0.1) is 0 Å². The van der Waals surface area contributed by atoms with Crippen LogP contribution in [0.15, 0.2) is 29.0 Å². The zero-order valence-corrected chi connectivity index (χ0v) is 11.7. The molecule has 7 nitrogen and oxygen atoms in total. The second-order valence-electron chi connectivity index (χ2n) is 4.43. The van der Waals surface area contributed by atoms with Crippen molar-refractivity contribution < 1.29 is 23.8 Å². The minimum atomic E-state index is -1.07. The lowest BCUT2D eigenvalue weighted by Gasteiger charge is -2.32. The molecule has 0 aliphatic carbocycles. The van der Waals surface area contributed by atoms with E-state index in [-0.39, 0.29) is 19.1 Å². The van der Waals surface area contributed by atoms with Crippen LogP contribution in [0.4, 0.5) is 0 Å². The van der Waals surface area contributed by atoms with Crippen LogP contribution in [-0.2, 0) is 9.53 Å². The average Bonchev–Trinajstić information content (AvgIpc) is 3.17. The zero-order chi connectivity index (χ0) is 14.8. The first-order valence-corrected chi connectivity index (χ1v) is 7.09. The molecule has 1 aliphatic heterocycles. The summed E-state index contributed by atoms with van der Waals surface area (Å²) in [5, 5.41) is 9.75. The largest absolute Gasteiger partial charge is 0.480 e. The van der Waals surface area contributed by atoms with Crippen LogP contribution in [0.5, 0.6) is 0 Å². The van der Waals surface area contributed by atoms with Crippen LogP contribution in [0.1, 0.15) is 9.67 Å². The van der Waals surface area contributed by atoms with Gasteiger partial charge in [0, 0.05) is 6.54 Å². The molecule has 1 atom stereocenters. The molecule has 1 amide bonds. The molecule has 0 saturated carbocycles. The predicted octanol–water partition coefficient (Wildman–Crippen LogP) is 1.33. The van der Waals surface area contributed by atoms with E-state index in [1.807, 2.05) is 0 Å². The van der Waals surface area contributed by atoms with E-state index < -0.39 is 12.0 Å². The third-order valence-corrected chi connectivity index (χ3v) is 4.12. The normalized spacial score (nSPS) is 18.7. The van der Waals surface area contributed by atoms with E-state index in [1.54, 1.807) is 12.1 Å². The minimum Gasteiger partial charge on any atom is -0.480 e. The van der Waals surface area contributed by atoms with Gasteiger partial charge in [-0.25, -0.2) is 9.78 Å². The number of rotatable bonds is 3. The van der Waals surface area contributed by atoms with Gasteiger partial charge in [0.15, 0.2) is 16.8 Å². The van der Waals surface area contributed by atoms with E-state index in [9.17, 15) is 9.59 Å². The Labute approximate surface area is 123 Å². The molecule has 2 aromatic rings. The summed E-state index contributed by atoms with van der Waals surface area (Å²) in [6, 6.07) is 2.53. The van der Waals surface area contributed by atoms with E-state index in [2.05, 4.69) is 4.98 Å². The SMILES string of the molecule is O=C(O)C1COCCN1C(=O)c1cnc(-c2ccco2)s1. The summed E-state index contributed by atoms with van der Waals surface area (Å²) in [6.07, 6.45) is 2.97. The topological polar surface area (TPSA) is 92.9 Å². The van der Waals surface area contributed by atoms with Gasteiger partial charge in [0.2, 0.25) is 0 Å². The number of ether oxygens (including phenoxy) is 1. The molecule has 21 heavy (non-hydrogen) atoms. The van der Waals surface area contributed by atoms with Gasteiger partial charge in [0.1, 0.15) is 4.88 Å². The lowest BCUT2D eigenvalue weighted by Crippen LogP contribution is -2.52. The zero-order valence-electron chi connectivity index (χ0n) is 10.9. The van der Waals surface area contributed by atoms with Gasteiger partial charge < -0.3 is 19.2 Å². The van der Waals surface area contributed by atoms with Crippen molar-refractivity contribution in [3.63, 3.8) is 0 Å². The molecule has 3 heterocycles. The number of amides is 1. The summed E-state index contributed by atoms with van der Waals surface area (Å²) in [5.74, 6) is -0.837. The molecule has 1 aliphatic rings. The molecule has 1 fully saturated rings. The second kappa shape index (κ2) is 5.66. The fraction of sp³-hybridized carbons (Fsp3) is 0.308. The Morgan fingerprint density at radius 3 is 3.05 bits per heavy atom. The molecule has 1 N–H and O–H groups in total. The van der Waals surface area contributed by atoms with E-state index in [0.29, 0.717) is 22.3 Å². The molecule has 3 rings (SSSR count). The first-order valence-electron chi connectivity index (χ1n) is 6.28. The summed E-state index contributed by atoms with van der Waals surface area (Å²) in [5.41, 5.74) is 0. The molecular formula is C13H12N2O5S. The van der Waals surface area contributed by atoms with Gasteiger partial charge in [0.25, 0.3) is 5.91 Å². The third-order valence-electron chi connectivity index (χ3n) is 3.12. The maximum absolute atomic E-state index is 12.4. The Morgan fingerprint density at radius 1 is 1.48 bits per heavy atom. The number of hydrogen-bond acceptors (Lipinski definition) is 6. The van der Waals surface area contributed by atoms with Crippen LogP contribution in [0.25, 0.3) is 10.8 Å². The highest BCUT2D eigenvalue weighted by molar-refractivity contribution is 7.16. The van der Waals surface area contributed by atoms with Crippen molar-refractivity contribution in [2.45, 2.75) is 6.04 Å². The Hall–Kier alpha value is -2.19. The molecule has 1 saturated heterocycles. The molecule has 8 heteroatoms. The monoisotopic (exact) mass is 308 g/mol. The van der Waals surface area contributed by atoms with Gasteiger partial charge in [-0.05, 0) is 12.1 Å². The summed E-state index contributed by atoms with van der Waals surface area (Å²) >= 11 is 1.18. The van der Waals surface area contributed by atoms with Crippen molar-refractivity contribution in [1.82, 2.24) is 9.88 Å². The van der Waals surface area contributed by atoms with Crippen molar-refractivity contribution in [1.29, 1.82) is 0 Å². The van der Waals surface area contributed by atoms with Crippen LogP contribution in [0.3, 0.4) is 0 Å². The van der Waals surface area contributed by atoms with Crippen molar-refractivity contribution in [3.8, 4) is 10.8 Å². The highest BCUT2D eigenvalue weighted by atomic mass is 32.1. The van der Waals surface area contributed by atoms with Crippen molar-refractivity contribution in [3.05, 3.63) is 29.5 Å². The Kier molecular flexibility index (Phi) is 3.72. The van der Waals surface area contributed by atoms with Gasteiger partial charge in [-0.3, -0.25) is 4.79 Å². The predicted molar refractivity (Wildman–Crippen MR) is 73.1 cm³/mol. The number of carbonyl (C=O) groups excluding carboxylic acids is 1. The van der Waals surface area contributed by atoms with Crippen molar-refractivity contribution in [2.24, 2.45) is 0 Å². The smallest absolute Gasteiger partial charge is 0.328 e. The van der Waals surface area contributed by atoms with Crippen LogP contribution in [-0.4, -0.2) is 52.7 Å². The van der Waals surface area contributed by atoms with Crippen molar-refractivity contribution >= 4 is 23.2 Å². The van der Waals surface area contributed by atoms with Crippen LogP contribution < -0.4 is 0 Å². The summed E-state index contributed by atoms with van der Waals surface area (Å²) < 4.78 is 10.3. The lowest BCUT2D eigenvalue weighted by molar-refractivity contribution is -0.147. The number of furan rings is 1. The highest BCUT2D eigenvalue weighted by Crippen LogP contribution is 2.27. The number of nitrogens with zero attached hydrogens (tertiary/aromatic N) is 2. The molecule has 0 bridgehead atoms. The quantitative estimate of drug-likeness (QED) is 0.919. The number of aliphatic carboxylic acids is 1. The second-order valence-corrected chi connectivity index (χ2v) is 5.47. The summed E-state index contributed by atoms with van der Waals surface area (Å²) in [7, 11) is 0. The number of aromatic nitrogens is 1. The first kappa shape index (κ1) is 13.8. The molecule has 1 unspecified atom stereocenters.